The van der Waals surface area contributed by atoms with Crippen LogP contribution in [0.5, 0.6) is 0 Å². The molecule has 4 aromatic carbocycles. The highest BCUT2D eigenvalue weighted by atomic mass is 35.5. The lowest BCUT2D eigenvalue weighted by Crippen LogP contribution is -1.98. The van der Waals surface area contributed by atoms with Crippen LogP contribution in [0.2, 0.25) is 10.0 Å². The highest BCUT2D eigenvalue weighted by Gasteiger charge is 2.19. The van der Waals surface area contributed by atoms with Crippen LogP contribution in [-0.2, 0) is 0 Å². The summed E-state index contributed by atoms with van der Waals surface area (Å²) in [6, 6.07) is 36.5. The normalized spacial score (nSPS) is 11.8. The van der Waals surface area contributed by atoms with Crippen molar-refractivity contribution in [3.8, 4) is 0 Å². The van der Waals surface area contributed by atoms with Crippen LogP contribution in [0.25, 0.3) is 11.1 Å². The number of hydrogen-bond acceptors (Lipinski definition) is 0. The molecule has 0 bridgehead atoms. The highest BCUT2D eigenvalue weighted by Crippen LogP contribution is 2.41. The maximum atomic E-state index is 6.66. The molecule has 0 N–H and O–H groups in total. The predicted octanol–water partition coefficient (Wildman–Crippen LogP) is 8.00. The van der Waals surface area contributed by atoms with Crippen molar-refractivity contribution in [1.82, 2.24) is 0 Å². The summed E-state index contributed by atoms with van der Waals surface area (Å²) in [7, 11) is 0. The van der Waals surface area contributed by atoms with E-state index in [-0.39, 0.29) is 0 Å². The van der Waals surface area contributed by atoms with Gasteiger partial charge in [-0.2, -0.15) is 0 Å². The van der Waals surface area contributed by atoms with Crippen molar-refractivity contribution in [2.75, 3.05) is 0 Å². The molecule has 0 spiro atoms. The van der Waals surface area contributed by atoms with Gasteiger partial charge < -0.3 is 0 Å². The van der Waals surface area contributed by atoms with Gasteiger partial charge in [-0.15, -0.1) is 0 Å². The van der Waals surface area contributed by atoms with Crippen molar-refractivity contribution in [2.45, 2.75) is 0 Å². The first-order chi connectivity index (χ1) is 13.8. The van der Waals surface area contributed by atoms with Gasteiger partial charge in [-0.1, -0.05) is 120 Å². The second-order valence-electron chi connectivity index (χ2n) is 6.44. The van der Waals surface area contributed by atoms with Gasteiger partial charge in [0.25, 0.3) is 0 Å². The third-order valence-corrected chi connectivity index (χ3v) is 5.32. The summed E-state index contributed by atoms with van der Waals surface area (Å²) >= 11 is 13.3. The Morgan fingerprint density at radius 1 is 0.393 bits per heavy atom. The minimum atomic E-state index is 0.710. The van der Waals surface area contributed by atoms with Crippen molar-refractivity contribution in [3.05, 3.63) is 141 Å². The van der Waals surface area contributed by atoms with Crippen LogP contribution in [0.4, 0.5) is 0 Å². The summed E-state index contributed by atoms with van der Waals surface area (Å²) in [6.07, 6.45) is 0. The molecule has 0 fully saturated rings. The van der Waals surface area contributed by atoms with Gasteiger partial charge in [-0.25, -0.2) is 0 Å². The zero-order valence-corrected chi connectivity index (χ0v) is 16.7. The van der Waals surface area contributed by atoms with E-state index in [2.05, 4.69) is 36.4 Å². The van der Waals surface area contributed by atoms with E-state index in [4.69, 9.17) is 23.2 Å². The largest absolute Gasteiger partial charge is 0.0837 e. The maximum Gasteiger partial charge on any atom is 0.0484 e. The molecule has 0 saturated heterocycles. The van der Waals surface area contributed by atoms with Crippen molar-refractivity contribution in [1.29, 1.82) is 0 Å². The average Bonchev–Trinajstić information content (AvgIpc) is 2.75. The highest BCUT2D eigenvalue weighted by molar-refractivity contribution is 6.34. The minimum Gasteiger partial charge on any atom is -0.0837 e. The molecule has 0 amide bonds. The molecule has 4 aromatic rings. The minimum absolute atomic E-state index is 0.710. The Morgan fingerprint density at radius 2 is 0.714 bits per heavy atom. The van der Waals surface area contributed by atoms with E-state index in [0.717, 1.165) is 33.4 Å². The zero-order chi connectivity index (χ0) is 19.3. The standard InChI is InChI=1S/C26H18Cl2/c27-23-17-9-7-15-21(23)25(19-11-3-1-4-12-19)26(20-13-5-2-6-14-20)22-16-8-10-18-24(22)28/h1-18H. The van der Waals surface area contributed by atoms with Gasteiger partial charge >= 0.3 is 0 Å². The second-order valence-corrected chi connectivity index (χ2v) is 7.26. The van der Waals surface area contributed by atoms with Crippen LogP contribution < -0.4 is 0 Å². The van der Waals surface area contributed by atoms with Crippen LogP contribution in [0.3, 0.4) is 0 Å². The van der Waals surface area contributed by atoms with Crippen molar-refractivity contribution in [3.63, 3.8) is 0 Å². The molecular weight excluding hydrogens is 383 g/mol. The molecule has 0 aliphatic carbocycles. The van der Waals surface area contributed by atoms with E-state index < -0.39 is 0 Å². The zero-order valence-electron chi connectivity index (χ0n) is 15.1. The number of rotatable bonds is 4. The molecule has 0 aliphatic rings. The van der Waals surface area contributed by atoms with Crippen LogP contribution in [0.15, 0.2) is 109 Å². The van der Waals surface area contributed by atoms with Gasteiger partial charge in [0.15, 0.2) is 0 Å². The molecule has 0 nitrogen and oxygen atoms in total. The Kier molecular flexibility index (Phi) is 5.62. The van der Waals surface area contributed by atoms with E-state index in [1.807, 2.05) is 72.8 Å². The molecule has 0 unspecified atom stereocenters. The molecule has 0 aliphatic heterocycles. The monoisotopic (exact) mass is 400 g/mol. The van der Waals surface area contributed by atoms with E-state index in [0.29, 0.717) is 10.0 Å². The lowest BCUT2D eigenvalue weighted by molar-refractivity contribution is 1.50. The predicted molar refractivity (Wildman–Crippen MR) is 121 cm³/mol. The van der Waals surface area contributed by atoms with Crippen LogP contribution in [0.1, 0.15) is 22.3 Å². The van der Waals surface area contributed by atoms with Crippen molar-refractivity contribution in [2.24, 2.45) is 0 Å². The molecule has 0 saturated carbocycles. The fourth-order valence-corrected chi connectivity index (χ4v) is 3.87. The first-order valence-corrected chi connectivity index (χ1v) is 9.86. The Balaban J connectivity index is 2.16. The van der Waals surface area contributed by atoms with Crippen LogP contribution in [0, 0.1) is 0 Å². The fourth-order valence-electron chi connectivity index (χ4n) is 3.41. The molecule has 0 heterocycles. The van der Waals surface area contributed by atoms with Crippen LogP contribution in [-0.4, -0.2) is 0 Å². The SMILES string of the molecule is Clc1ccccc1C(=C(c1ccccc1)c1ccccc1Cl)c1ccccc1. The molecule has 28 heavy (non-hydrogen) atoms. The van der Waals surface area contributed by atoms with Gasteiger partial charge in [-0.05, 0) is 34.4 Å². The molecular formula is C26H18Cl2. The van der Waals surface area contributed by atoms with E-state index in [1.54, 1.807) is 0 Å². The fraction of sp³-hybridized carbons (Fsp3) is 0. The molecule has 0 radical (unpaired) electrons. The van der Waals surface area contributed by atoms with Crippen molar-refractivity contribution >= 4 is 34.3 Å². The van der Waals surface area contributed by atoms with Gasteiger partial charge in [0.05, 0.1) is 0 Å². The summed E-state index contributed by atoms with van der Waals surface area (Å²) in [6.45, 7) is 0. The molecule has 136 valence electrons. The van der Waals surface area contributed by atoms with E-state index in [1.165, 1.54) is 0 Å². The third-order valence-electron chi connectivity index (χ3n) is 4.66. The first kappa shape index (κ1) is 18.6. The molecule has 0 atom stereocenters. The second kappa shape index (κ2) is 8.48. The lowest BCUT2D eigenvalue weighted by atomic mass is 9.86. The first-order valence-electron chi connectivity index (χ1n) is 9.10. The van der Waals surface area contributed by atoms with Gasteiger partial charge in [0.1, 0.15) is 0 Å². The summed E-state index contributed by atoms with van der Waals surface area (Å²) in [5.41, 5.74) is 6.27. The molecule has 4 rings (SSSR count). The third kappa shape index (κ3) is 3.75. The van der Waals surface area contributed by atoms with E-state index in [9.17, 15) is 0 Å². The number of benzene rings is 4. The van der Waals surface area contributed by atoms with Crippen LogP contribution >= 0.6 is 23.2 Å². The topological polar surface area (TPSA) is 0 Å². The Labute approximate surface area is 175 Å². The summed E-state index contributed by atoms with van der Waals surface area (Å²) in [5.74, 6) is 0. The smallest absolute Gasteiger partial charge is 0.0484 e. The number of hydrogen-bond donors (Lipinski definition) is 0. The summed E-state index contributed by atoms with van der Waals surface area (Å²) in [5, 5.41) is 1.42. The Bertz CT molecular complexity index is 1020. The average molecular weight is 401 g/mol. The summed E-state index contributed by atoms with van der Waals surface area (Å²) < 4.78 is 0. The quantitative estimate of drug-likeness (QED) is 0.304. The van der Waals surface area contributed by atoms with Gasteiger partial charge in [0, 0.05) is 21.2 Å². The van der Waals surface area contributed by atoms with Gasteiger partial charge in [-0.3, -0.25) is 0 Å². The Hall–Kier alpha value is -2.80. The lowest BCUT2D eigenvalue weighted by Gasteiger charge is -2.19. The number of halogens is 2. The maximum absolute atomic E-state index is 6.66. The Morgan fingerprint density at radius 3 is 1.07 bits per heavy atom. The van der Waals surface area contributed by atoms with E-state index >= 15 is 0 Å². The van der Waals surface area contributed by atoms with Gasteiger partial charge in [0.2, 0.25) is 0 Å². The molecule has 0 aromatic heterocycles. The summed E-state index contributed by atoms with van der Waals surface area (Å²) in [4.78, 5) is 0. The molecule has 2 heteroatoms. The van der Waals surface area contributed by atoms with Crippen molar-refractivity contribution < 1.29 is 0 Å².